The second kappa shape index (κ2) is 8.68. The number of carbonyl (C=O) groups is 2. The van der Waals surface area contributed by atoms with Crippen molar-refractivity contribution in [3.05, 3.63) is 18.2 Å². The van der Waals surface area contributed by atoms with E-state index in [9.17, 15) is 9.59 Å². The average Bonchev–Trinajstić information content (AvgIpc) is 2.88. The molecule has 2 atom stereocenters. The Labute approximate surface area is 129 Å². The van der Waals surface area contributed by atoms with E-state index in [4.69, 9.17) is 10.8 Å². The van der Waals surface area contributed by atoms with Gasteiger partial charge in [0.25, 0.3) is 0 Å². The maximum Gasteiger partial charge on any atom is 0.416 e. The lowest BCUT2D eigenvalue weighted by Gasteiger charge is -2.18. The summed E-state index contributed by atoms with van der Waals surface area (Å²) in [5.74, 6) is 0.270. The van der Waals surface area contributed by atoms with E-state index in [-0.39, 0.29) is 17.9 Å². The second-order valence-electron chi connectivity index (χ2n) is 4.98. The normalized spacial score (nSPS) is 13.7. The number of nitrogens with one attached hydrogen (secondary N) is 1. The summed E-state index contributed by atoms with van der Waals surface area (Å²) < 4.78 is 0.988. The zero-order chi connectivity index (χ0) is 15.8. The van der Waals surface area contributed by atoms with Gasteiger partial charge in [-0.05, 0) is 26.3 Å². The van der Waals surface area contributed by atoms with Crippen LogP contribution >= 0.6 is 12.6 Å². The van der Waals surface area contributed by atoms with E-state index in [1.54, 1.807) is 0 Å². The second-order valence-corrected chi connectivity index (χ2v) is 5.34. The van der Waals surface area contributed by atoms with E-state index in [1.165, 1.54) is 12.5 Å². The monoisotopic (exact) mass is 314 g/mol. The van der Waals surface area contributed by atoms with Gasteiger partial charge in [0.05, 0.1) is 5.69 Å². The molecule has 0 saturated carbocycles. The van der Waals surface area contributed by atoms with E-state index >= 15 is 0 Å². The molecule has 7 nitrogen and oxygen atoms in total. The minimum Gasteiger partial charge on any atom is -0.464 e. The largest absolute Gasteiger partial charge is 0.464 e. The summed E-state index contributed by atoms with van der Waals surface area (Å²) in [6.45, 7) is 2.41. The average molecular weight is 314 g/mol. The molecule has 118 valence electrons. The Morgan fingerprint density at radius 3 is 2.81 bits per heavy atom. The molecule has 4 N–H and O–H groups in total. The van der Waals surface area contributed by atoms with Crippen LogP contribution in [0.5, 0.6) is 0 Å². The highest BCUT2D eigenvalue weighted by molar-refractivity contribution is 7.80. The molecule has 0 saturated heterocycles. The van der Waals surface area contributed by atoms with Gasteiger partial charge in [-0.2, -0.15) is 12.6 Å². The van der Waals surface area contributed by atoms with Crippen molar-refractivity contribution in [3.63, 3.8) is 0 Å². The summed E-state index contributed by atoms with van der Waals surface area (Å²) in [5, 5.41) is 11.7. The summed E-state index contributed by atoms with van der Waals surface area (Å²) in [7, 11) is 0. The lowest BCUT2D eigenvalue weighted by atomic mass is 10.0. The quantitative estimate of drug-likeness (QED) is 0.529. The number of hydrogen-bond acceptors (Lipinski definition) is 5. The fourth-order valence-electron chi connectivity index (χ4n) is 1.97. The van der Waals surface area contributed by atoms with Crippen LogP contribution in [0.2, 0.25) is 0 Å². The molecule has 1 aromatic rings. The van der Waals surface area contributed by atoms with Crippen LogP contribution in [0.3, 0.4) is 0 Å². The lowest BCUT2D eigenvalue weighted by Crippen LogP contribution is -2.39. The number of nitrogens with two attached hydrogens (primary N) is 1. The van der Waals surface area contributed by atoms with Gasteiger partial charge in [0, 0.05) is 30.3 Å². The SMILES string of the molecule is C[C@H](Cc1cn(C(=O)O)cn1)NC(=O)C(CS)CCCN. The van der Waals surface area contributed by atoms with Gasteiger partial charge in [-0.15, -0.1) is 0 Å². The van der Waals surface area contributed by atoms with E-state index in [0.717, 1.165) is 11.0 Å². The molecule has 0 fully saturated rings. The van der Waals surface area contributed by atoms with Crippen molar-refractivity contribution in [1.82, 2.24) is 14.9 Å². The molecule has 0 aliphatic carbocycles. The molecule has 8 heteroatoms. The number of amides is 1. The van der Waals surface area contributed by atoms with Gasteiger partial charge < -0.3 is 16.2 Å². The highest BCUT2D eigenvalue weighted by Crippen LogP contribution is 2.09. The summed E-state index contributed by atoms with van der Waals surface area (Å²) in [6.07, 6.45) is 3.58. The van der Waals surface area contributed by atoms with Gasteiger partial charge in [-0.3, -0.25) is 4.79 Å². The molecule has 0 radical (unpaired) electrons. The zero-order valence-electron chi connectivity index (χ0n) is 12.0. The van der Waals surface area contributed by atoms with Gasteiger partial charge in [0.2, 0.25) is 5.91 Å². The first-order chi connectivity index (χ1) is 9.97. The minimum atomic E-state index is -1.08. The molecule has 1 unspecified atom stereocenters. The Kier molecular flexibility index (Phi) is 7.24. The van der Waals surface area contributed by atoms with E-state index in [1.807, 2.05) is 6.92 Å². The van der Waals surface area contributed by atoms with Crippen molar-refractivity contribution in [2.24, 2.45) is 11.7 Å². The first-order valence-corrected chi connectivity index (χ1v) is 7.48. The number of hydrogen-bond donors (Lipinski definition) is 4. The highest BCUT2D eigenvalue weighted by atomic mass is 32.1. The maximum atomic E-state index is 12.1. The van der Waals surface area contributed by atoms with Gasteiger partial charge >= 0.3 is 6.09 Å². The van der Waals surface area contributed by atoms with Crippen LogP contribution in [0.15, 0.2) is 12.5 Å². The number of carbonyl (C=O) groups excluding carboxylic acids is 1. The van der Waals surface area contributed by atoms with Gasteiger partial charge in [0.1, 0.15) is 6.33 Å². The van der Waals surface area contributed by atoms with E-state index < -0.39 is 6.09 Å². The number of carboxylic acid groups (broad SMARTS) is 1. The number of rotatable bonds is 8. The molecule has 21 heavy (non-hydrogen) atoms. The summed E-state index contributed by atoms with van der Waals surface area (Å²) in [4.78, 5) is 26.8. The Morgan fingerprint density at radius 1 is 1.57 bits per heavy atom. The predicted molar refractivity (Wildman–Crippen MR) is 82.6 cm³/mol. The van der Waals surface area contributed by atoms with Crippen LogP contribution in [-0.2, 0) is 11.2 Å². The summed E-state index contributed by atoms with van der Waals surface area (Å²) in [5.41, 5.74) is 6.07. The van der Waals surface area contributed by atoms with Crippen molar-refractivity contribution >= 4 is 24.6 Å². The number of thiol groups is 1. The first kappa shape index (κ1) is 17.5. The molecule has 1 aromatic heterocycles. The molecule has 0 aliphatic heterocycles. The number of aromatic nitrogens is 2. The van der Waals surface area contributed by atoms with Crippen LogP contribution in [0.25, 0.3) is 0 Å². The predicted octanol–water partition coefficient (Wildman–Crippen LogP) is 0.741. The number of imidazole rings is 1. The fourth-order valence-corrected chi connectivity index (χ4v) is 2.32. The molecule has 1 heterocycles. The van der Waals surface area contributed by atoms with E-state index in [2.05, 4.69) is 22.9 Å². The van der Waals surface area contributed by atoms with Crippen LogP contribution in [0.4, 0.5) is 4.79 Å². The fraction of sp³-hybridized carbons (Fsp3) is 0.615. The summed E-state index contributed by atoms with van der Waals surface area (Å²) >= 11 is 4.19. The molecule has 0 aromatic carbocycles. The Morgan fingerprint density at radius 2 is 2.29 bits per heavy atom. The Balaban J connectivity index is 2.49. The molecular weight excluding hydrogens is 292 g/mol. The minimum absolute atomic E-state index is 0.0522. The van der Waals surface area contributed by atoms with Crippen molar-refractivity contribution in [2.75, 3.05) is 12.3 Å². The molecule has 0 spiro atoms. The Hall–Kier alpha value is -1.54. The highest BCUT2D eigenvalue weighted by Gasteiger charge is 2.18. The molecule has 0 bridgehead atoms. The first-order valence-electron chi connectivity index (χ1n) is 6.85. The van der Waals surface area contributed by atoms with Crippen LogP contribution in [0, 0.1) is 5.92 Å². The molecule has 1 rings (SSSR count). The van der Waals surface area contributed by atoms with Crippen molar-refractivity contribution in [1.29, 1.82) is 0 Å². The van der Waals surface area contributed by atoms with Crippen molar-refractivity contribution in [3.8, 4) is 0 Å². The van der Waals surface area contributed by atoms with Crippen LogP contribution in [0.1, 0.15) is 25.5 Å². The summed E-state index contributed by atoms with van der Waals surface area (Å²) in [6, 6.07) is -0.130. The maximum absolute atomic E-state index is 12.1. The molecule has 1 amide bonds. The standard InChI is InChI=1S/C13H22N4O3S/c1-9(5-11-6-17(8-15-11)13(19)20)16-12(18)10(7-21)3-2-4-14/h6,8-10,21H,2-5,7,14H2,1H3,(H,16,18)(H,19,20)/t9-,10?/m1/s1. The van der Waals surface area contributed by atoms with Gasteiger partial charge in [-0.1, -0.05) is 0 Å². The van der Waals surface area contributed by atoms with Crippen LogP contribution < -0.4 is 11.1 Å². The lowest BCUT2D eigenvalue weighted by molar-refractivity contribution is -0.125. The third kappa shape index (κ3) is 5.76. The smallest absolute Gasteiger partial charge is 0.416 e. The Bertz CT molecular complexity index is 478. The van der Waals surface area contributed by atoms with Gasteiger partial charge in [-0.25, -0.2) is 14.3 Å². The molecular formula is C13H22N4O3S. The zero-order valence-corrected chi connectivity index (χ0v) is 12.9. The third-order valence-electron chi connectivity index (χ3n) is 3.11. The third-order valence-corrected chi connectivity index (χ3v) is 3.55. The number of nitrogens with zero attached hydrogens (tertiary/aromatic N) is 2. The topological polar surface area (TPSA) is 110 Å². The van der Waals surface area contributed by atoms with Crippen LogP contribution in [-0.4, -0.2) is 45.0 Å². The van der Waals surface area contributed by atoms with E-state index in [0.29, 0.717) is 30.8 Å². The van der Waals surface area contributed by atoms with Crippen molar-refractivity contribution < 1.29 is 14.7 Å². The van der Waals surface area contributed by atoms with Gasteiger partial charge in [0.15, 0.2) is 0 Å². The van der Waals surface area contributed by atoms with Crippen molar-refractivity contribution in [2.45, 2.75) is 32.2 Å². The molecule has 0 aliphatic rings.